The lowest BCUT2D eigenvalue weighted by Crippen LogP contribution is -2.06. The number of benzene rings is 7. The van der Waals surface area contributed by atoms with Crippen LogP contribution < -0.4 is 0 Å². The van der Waals surface area contributed by atoms with E-state index in [-0.39, 0.29) is 0 Å². The van der Waals surface area contributed by atoms with Crippen LogP contribution >= 0.6 is 11.3 Å². The fourth-order valence-electron chi connectivity index (χ4n) is 7.05. The van der Waals surface area contributed by atoms with Crippen LogP contribution in [0.2, 0.25) is 0 Å². The Balaban J connectivity index is 1.28. The first-order valence-electron chi connectivity index (χ1n) is 16.7. The van der Waals surface area contributed by atoms with Crippen molar-refractivity contribution in [3.63, 3.8) is 0 Å². The van der Waals surface area contributed by atoms with E-state index in [1.807, 2.05) is 35.6 Å². The molecule has 0 bridgehead atoms. The van der Waals surface area contributed by atoms with Gasteiger partial charge in [-0.2, -0.15) is 9.97 Å². The first-order chi connectivity index (χ1) is 24.8. The zero-order chi connectivity index (χ0) is 33.0. The highest BCUT2D eigenvalue weighted by molar-refractivity contribution is 7.26. The second-order valence-electron chi connectivity index (χ2n) is 12.5. The van der Waals surface area contributed by atoms with Crippen LogP contribution in [0.15, 0.2) is 170 Å². The quantitative estimate of drug-likeness (QED) is 0.185. The molecule has 0 fully saturated rings. The summed E-state index contributed by atoms with van der Waals surface area (Å²) in [6.07, 6.45) is 0. The molecule has 7 aromatic carbocycles. The van der Waals surface area contributed by atoms with E-state index in [1.165, 1.54) is 31.1 Å². The van der Waals surface area contributed by atoms with Gasteiger partial charge in [0.05, 0.1) is 15.7 Å². The molecule has 0 N–H and O–H groups in total. The van der Waals surface area contributed by atoms with Crippen molar-refractivity contribution >= 4 is 53.3 Å². The highest BCUT2D eigenvalue weighted by Gasteiger charge is 2.22. The molecule has 3 aromatic heterocycles. The van der Waals surface area contributed by atoms with Crippen LogP contribution in [0.4, 0.5) is 0 Å². The molecule has 0 aliphatic heterocycles. The van der Waals surface area contributed by atoms with Crippen LogP contribution in [0.5, 0.6) is 0 Å². The average Bonchev–Trinajstić information content (AvgIpc) is 3.74. The maximum Gasteiger partial charge on any atom is 0.238 e. The fourth-order valence-corrected chi connectivity index (χ4v) is 8.29. The lowest BCUT2D eigenvalue weighted by atomic mass is 10.0. The molecule has 0 saturated carbocycles. The van der Waals surface area contributed by atoms with Gasteiger partial charge in [-0.25, -0.2) is 4.98 Å². The largest absolute Gasteiger partial charge is 0.276 e. The van der Waals surface area contributed by atoms with Gasteiger partial charge < -0.3 is 0 Å². The normalized spacial score (nSPS) is 11.6. The molecule has 0 aliphatic carbocycles. The molecule has 0 aliphatic rings. The van der Waals surface area contributed by atoms with Crippen LogP contribution in [0.1, 0.15) is 0 Å². The highest BCUT2D eigenvalue weighted by Crippen LogP contribution is 2.43. The van der Waals surface area contributed by atoms with E-state index in [1.54, 1.807) is 0 Å². The number of fused-ring (bicyclic) bond motifs is 7. The smallest absolute Gasteiger partial charge is 0.238 e. The van der Waals surface area contributed by atoms with E-state index in [4.69, 9.17) is 15.0 Å². The Morgan fingerprint density at radius 2 is 0.880 bits per heavy atom. The summed E-state index contributed by atoms with van der Waals surface area (Å²) in [5.41, 5.74) is 8.67. The molecular formula is C45H28N4S. The summed E-state index contributed by atoms with van der Waals surface area (Å²) in [5.74, 6) is 1.86. The fraction of sp³-hybridized carbons (Fsp3) is 0. The van der Waals surface area contributed by atoms with Crippen molar-refractivity contribution in [2.45, 2.75) is 0 Å². The Kier molecular flexibility index (Phi) is 6.64. The second kappa shape index (κ2) is 11.6. The summed E-state index contributed by atoms with van der Waals surface area (Å²) in [6, 6.07) is 59.6. The van der Waals surface area contributed by atoms with Crippen LogP contribution in [-0.4, -0.2) is 19.5 Å². The lowest BCUT2D eigenvalue weighted by molar-refractivity contribution is 0.955. The van der Waals surface area contributed by atoms with E-state index >= 15 is 0 Å². The summed E-state index contributed by atoms with van der Waals surface area (Å²) in [6.45, 7) is 0. The maximum absolute atomic E-state index is 5.28. The summed E-state index contributed by atoms with van der Waals surface area (Å²) in [5, 5.41) is 4.83. The van der Waals surface area contributed by atoms with E-state index in [0.29, 0.717) is 17.6 Å². The number of hydrogen-bond acceptors (Lipinski definition) is 4. The van der Waals surface area contributed by atoms with E-state index < -0.39 is 0 Å². The van der Waals surface area contributed by atoms with Crippen molar-refractivity contribution in [3.8, 4) is 51.0 Å². The third-order valence-corrected chi connectivity index (χ3v) is 10.7. The zero-order valence-electron chi connectivity index (χ0n) is 26.9. The molecule has 0 spiro atoms. The van der Waals surface area contributed by atoms with Gasteiger partial charge in [0.1, 0.15) is 0 Å². The Hall–Kier alpha value is -6.43. The Morgan fingerprint density at radius 1 is 0.380 bits per heavy atom. The monoisotopic (exact) mass is 656 g/mol. The van der Waals surface area contributed by atoms with Gasteiger partial charge >= 0.3 is 0 Å². The first kappa shape index (κ1) is 28.6. The molecule has 4 nitrogen and oxygen atoms in total. The molecule has 10 rings (SSSR count). The minimum Gasteiger partial charge on any atom is -0.276 e. The minimum atomic E-state index is 0.594. The van der Waals surface area contributed by atoms with Gasteiger partial charge in [-0.15, -0.1) is 11.3 Å². The number of hydrogen-bond donors (Lipinski definition) is 0. The van der Waals surface area contributed by atoms with Crippen LogP contribution in [0.25, 0.3) is 93.0 Å². The molecule has 234 valence electrons. The standard InChI is InChI=1S/C45H28N4S/c1-4-12-29(13-5-1)31-20-22-33(23-21-31)44-46-43(32-16-8-3-9-17-32)47-45(48-44)49-39-28-34(30-14-6-2-7-15-30)24-25-35(39)37-26-27-38-36-18-10-11-19-40(36)50-42(38)41(37)49/h1-28H. The van der Waals surface area contributed by atoms with Crippen molar-refractivity contribution in [1.29, 1.82) is 0 Å². The van der Waals surface area contributed by atoms with Crippen molar-refractivity contribution in [3.05, 3.63) is 170 Å². The SMILES string of the molecule is c1ccc(-c2ccc(-c3nc(-c4ccccc4)nc(-n4c5cc(-c6ccccc6)ccc5c5ccc6c7ccccc7sc6c54)n3)cc2)cc1. The lowest BCUT2D eigenvalue weighted by Gasteiger charge is -2.12. The third-order valence-electron chi connectivity index (χ3n) is 9.49. The Bertz CT molecular complexity index is 2840. The molecule has 50 heavy (non-hydrogen) atoms. The van der Waals surface area contributed by atoms with Gasteiger partial charge in [0.25, 0.3) is 0 Å². The predicted octanol–water partition coefficient (Wildman–Crippen LogP) is 12.0. The van der Waals surface area contributed by atoms with Crippen molar-refractivity contribution < 1.29 is 0 Å². The van der Waals surface area contributed by atoms with Gasteiger partial charge in [0.2, 0.25) is 5.95 Å². The maximum atomic E-state index is 5.28. The second-order valence-corrected chi connectivity index (χ2v) is 13.5. The summed E-state index contributed by atoms with van der Waals surface area (Å²) < 4.78 is 4.75. The van der Waals surface area contributed by atoms with Crippen molar-refractivity contribution in [2.24, 2.45) is 0 Å². The molecule has 5 heteroatoms. The predicted molar refractivity (Wildman–Crippen MR) is 209 cm³/mol. The highest BCUT2D eigenvalue weighted by atomic mass is 32.1. The topological polar surface area (TPSA) is 43.6 Å². The zero-order valence-corrected chi connectivity index (χ0v) is 27.7. The Labute approximate surface area is 292 Å². The molecule has 0 unspecified atom stereocenters. The third kappa shape index (κ3) is 4.71. The molecule has 3 heterocycles. The number of aromatic nitrogens is 4. The number of thiophene rings is 1. The van der Waals surface area contributed by atoms with Crippen molar-refractivity contribution in [2.75, 3.05) is 0 Å². The molecule has 0 radical (unpaired) electrons. The van der Waals surface area contributed by atoms with Gasteiger partial charge in [0.15, 0.2) is 11.6 Å². The van der Waals surface area contributed by atoms with E-state index in [2.05, 4.69) is 150 Å². The minimum absolute atomic E-state index is 0.594. The molecular weight excluding hydrogens is 629 g/mol. The molecule has 0 atom stereocenters. The molecule has 0 saturated heterocycles. The first-order valence-corrected chi connectivity index (χ1v) is 17.5. The summed E-state index contributed by atoms with van der Waals surface area (Å²) in [4.78, 5) is 15.6. The van der Waals surface area contributed by atoms with Crippen LogP contribution in [0, 0.1) is 0 Å². The Morgan fingerprint density at radius 3 is 1.58 bits per heavy atom. The summed E-state index contributed by atoms with van der Waals surface area (Å²) in [7, 11) is 0. The van der Waals surface area contributed by atoms with E-state index in [9.17, 15) is 0 Å². The van der Waals surface area contributed by atoms with Gasteiger partial charge in [-0.1, -0.05) is 158 Å². The van der Waals surface area contributed by atoms with Crippen LogP contribution in [-0.2, 0) is 0 Å². The van der Waals surface area contributed by atoms with E-state index in [0.717, 1.165) is 44.2 Å². The number of rotatable bonds is 5. The molecule has 0 amide bonds. The van der Waals surface area contributed by atoms with Gasteiger partial charge in [-0.3, -0.25) is 4.57 Å². The van der Waals surface area contributed by atoms with Crippen molar-refractivity contribution in [1.82, 2.24) is 19.5 Å². The van der Waals surface area contributed by atoms with Gasteiger partial charge in [-0.05, 0) is 34.4 Å². The average molecular weight is 657 g/mol. The van der Waals surface area contributed by atoms with Gasteiger partial charge in [0, 0.05) is 37.4 Å². The van der Waals surface area contributed by atoms with Crippen LogP contribution in [0.3, 0.4) is 0 Å². The molecule has 10 aromatic rings. The number of nitrogens with zero attached hydrogens (tertiary/aromatic N) is 4. The summed E-state index contributed by atoms with van der Waals surface area (Å²) >= 11 is 1.82.